The molecule has 114 valence electrons. The van der Waals surface area contributed by atoms with Crippen LogP contribution in [-0.2, 0) is 0 Å². The first-order valence-corrected chi connectivity index (χ1v) is 6.72. The van der Waals surface area contributed by atoms with Crippen LogP contribution in [0.5, 0.6) is 0 Å². The molecular weight excluding hydrogens is 287 g/mol. The maximum absolute atomic E-state index is 13.8. The molecule has 0 radical (unpaired) electrons. The van der Waals surface area contributed by atoms with Gasteiger partial charge in [-0.1, -0.05) is 12.1 Å². The van der Waals surface area contributed by atoms with Crippen LogP contribution in [0.25, 0.3) is 11.3 Å². The summed E-state index contributed by atoms with van der Waals surface area (Å²) in [6.07, 6.45) is 0. The summed E-state index contributed by atoms with van der Waals surface area (Å²) in [5, 5.41) is 13.5. The zero-order valence-corrected chi connectivity index (χ0v) is 12.4. The van der Waals surface area contributed by atoms with Gasteiger partial charge in [0.05, 0.1) is 5.69 Å². The van der Waals surface area contributed by atoms with Crippen molar-refractivity contribution >= 4 is 28.6 Å². The zero-order valence-electron chi connectivity index (χ0n) is 12.4. The Morgan fingerprint density at radius 2 is 1.64 bits per heavy atom. The van der Waals surface area contributed by atoms with Crippen LogP contribution in [0.1, 0.15) is 20.8 Å². The van der Waals surface area contributed by atoms with E-state index in [4.69, 9.17) is 0 Å². The van der Waals surface area contributed by atoms with Crippen LogP contribution in [-0.4, -0.2) is 25.8 Å². The fraction of sp³-hybridized carbons (Fsp3) is 0.286. The number of benzene rings is 1. The molecule has 0 aliphatic rings. The minimum atomic E-state index is -0.385. The summed E-state index contributed by atoms with van der Waals surface area (Å²) in [6, 6.07) is 6.32. The average Bonchev–Trinajstić information content (AvgIpc) is 2.87. The Bertz CT molecular complexity index is 810. The number of hydrogen-bond donors (Lipinski definition) is 2. The first-order chi connectivity index (χ1) is 10.4. The summed E-state index contributed by atoms with van der Waals surface area (Å²) < 4.78 is 18.4. The number of nitrogens with zero attached hydrogens (tertiary/aromatic N) is 4. The van der Waals surface area contributed by atoms with Crippen LogP contribution in [0.2, 0.25) is 0 Å². The number of fused-ring (bicyclic) bond motifs is 1. The molecule has 0 unspecified atom stereocenters. The Morgan fingerprint density at radius 1 is 1.00 bits per heavy atom. The summed E-state index contributed by atoms with van der Waals surface area (Å²) in [6.45, 7) is 5.94. The van der Waals surface area contributed by atoms with Crippen LogP contribution in [0, 0.1) is 5.82 Å². The van der Waals surface area contributed by atoms with Gasteiger partial charge in [-0.05, 0) is 43.2 Å². The van der Waals surface area contributed by atoms with Gasteiger partial charge in [-0.2, -0.15) is 0 Å². The SMILES string of the molecule is CC(C)(C)Nc1nc2nonc2nc1Nc1ccccc1F. The first kappa shape index (κ1) is 14.2. The molecule has 7 nitrogen and oxygen atoms in total. The number of halogens is 1. The number of aromatic nitrogens is 4. The molecule has 0 saturated carbocycles. The Balaban J connectivity index is 2.05. The van der Waals surface area contributed by atoms with E-state index in [1.165, 1.54) is 6.07 Å². The molecule has 3 rings (SSSR count). The highest BCUT2D eigenvalue weighted by Crippen LogP contribution is 2.27. The lowest BCUT2D eigenvalue weighted by Gasteiger charge is -2.22. The predicted molar refractivity (Wildman–Crippen MR) is 80.5 cm³/mol. The second-order valence-corrected chi connectivity index (χ2v) is 5.81. The van der Waals surface area contributed by atoms with Gasteiger partial charge in [0.2, 0.25) is 11.3 Å². The molecule has 0 spiro atoms. The second kappa shape index (κ2) is 5.21. The Morgan fingerprint density at radius 3 is 2.27 bits per heavy atom. The van der Waals surface area contributed by atoms with Gasteiger partial charge in [0.15, 0.2) is 11.6 Å². The molecular formula is C14H15FN6O. The lowest BCUT2D eigenvalue weighted by Crippen LogP contribution is -2.27. The van der Waals surface area contributed by atoms with E-state index in [0.29, 0.717) is 17.3 Å². The van der Waals surface area contributed by atoms with Gasteiger partial charge >= 0.3 is 0 Å². The van der Waals surface area contributed by atoms with E-state index in [1.54, 1.807) is 18.2 Å². The summed E-state index contributed by atoms with van der Waals surface area (Å²) in [4.78, 5) is 8.61. The molecule has 0 atom stereocenters. The number of rotatable bonds is 3. The normalized spacial score (nSPS) is 11.6. The highest BCUT2D eigenvalue weighted by Gasteiger charge is 2.18. The summed E-state index contributed by atoms with van der Waals surface area (Å²) >= 11 is 0. The molecule has 2 heterocycles. The van der Waals surface area contributed by atoms with Crippen LogP contribution in [0.4, 0.5) is 21.7 Å². The van der Waals surface area contributed by atoms with Crippen molar-refractivity contribution in [3.63, 3.8) is 0 Å². The quantitative estimate of drug-likeness (QED) is 0.768. The van der Waals surface area contributed by atoms with Crippen LogP contribution in [0.3, 0.4) is 0 Å². The number of nitrogens with one attached hydrogen (secondary N) is 2. The zero-order chi connectivity index (χ0) is 15.7. The molecule has 2 N–H and O–H groups in total. The summed E-state index contributed by atoms with van der Waals surface area (Å²) in [7, 11) is 0. The van der Waals surface area contributed by atoms with Crippen molar-refractivity contribution in [2.75, 3.05) is 10.6 Å². The smallest absolute Gasteiger partial charge is 0.245 e. The third-order valence-electron chi connectivity index (χ3n) is 2.73. The lowest BCUT2D eigenvalue weighted by molar-refractivity contribution is 0.314. The van der Waals surface area contributed by atoms with Crippen molar-refractivity contribution in [2.45, 2.75) is 26.3 Å². The average molecular weight is 302 g/mol. The molecule has 2 aromatic heterocycles. The van der Waals surface area contributed by atoms with Crippen LogP contribution in [0.15, 0.2) is 28.9 Å². The number of anilines is 3. The molecule has 0 saturated heterocycles. The number of hydrogen-bond acceptors (Lipinski definition) is 7. The Hall–Kier alpha value is -2.77. The van der Waals surface area contributed by atoms with Gasteiger partial charge in [0.25, 0.3) is 0 Å². The Kier molecular flexibility index (Phi) is 3.36. The second-order valence-electron chi connectivity index (χ2n) is 5.81. The van der Waals surface area contributed by atoms with Crippen molar-refractivity contribution in [3.05, 3.63) is 30.1 Å². The Labute approximate surface area is 125 Å². The largest absolute Gasteiger partial charge is 0.362 e. The van der Waals surface area contributed by atoms with Crippen molar-refractivity contribution in [2.24, 2.45) is 0 Å². The van der Waals surface area contributed by atoms with E-state index in [0.717, 1.165) is 0 Å². The first-order valence-electron chi connectivity index (χ1n) is 6.72. The van der Waals surface area contributed by atoms with E-state index < -0.39 is 0 Å². The van der Waals surface area contributed by atoms with Crippen molar-refractivity contribution < 1.29 is 9.02 Å². The highest BCUT2D eigenvalue weighted by molar-refractivity contribution is 5.76. The number of para-hydroxylation sites is 1. The van der Waals surface area contributed by atoms with E-state index in [9.17, 15) is 4.39 Å². The van der Waals surface area contributed by atoms with E-state index in [2.05, 4.69) is 35.5 Å². The molecule has 22 heavy (non-hydrogen) atoms. The molecule has 3 aromatic rings. The molecule has 0 aliphatic carbocycles. The molecule has 0 bridgehead atoms. The van der Waals surface area contributed by atoms with Crippen molar-refractivity contribution in [3.8, 4) is 0 Å². The van der Waals surface area contributed by atoms with Crippen molar-refractivity contribution in [1.29, 1.82) is 0 Å². The summed E-state index contributed by atoms with van der Waals surface area (Å²) in [5.74, 6) is 0.409. The minimum absolute atomic E-state index is 0.248. The van der Waals surface area contributed by atoms with E-state index in [1.807, 2.05) is 20.8 Å². The molecule has 0 amide bonds. The lowest BCUT2D eigenvalue weighted by atomic mass is 10.1. The summed E-state index contributed by atoms with van der Waals surface area (Å²) in [5.41, 5.74) is 0.569. The van der Waals surface area contributed by atoms with Crippen LogP contribution >= 0.6 is 0 Å². The molecule has 0 aliphatic heterocycles. The van der Waals surface area contributed by atoms with Gasteiger partial charge in [0, 0.05) is 5.54 Å². The van der Waals surface area contributed by atoms with Gasteiger partial charge in [-0.15, -0.1) is 0 Å². The molecule has 1 aromatic carbocycles. The van der Waals surface area contributed by atoms with E-state index >= 15 is 0 Å². The monoisotopic (exact) mass is 302 g/mol. The van der Waals surface area contributed by atoms with Crippen molar-refractivity contribution in [1.82, 2.24) is 20.3 Å². The minimum Gasteiger partial charge on any atom is -0.362 e. The standard InChI is InChI=1S/C14H15FN6O/c1-14(2,3)19-11-10(16-9-7-5-4-6-8(9)15)17-12-13(18-11)21-22-20-12/h4-7H,1-3H3,(H,16,17,20)(H,18,19,21). The highest BCUT2D eigenvalue weighted by atomic mass is 19.1. The fourth-order valence-corrected chi connectivity index (χ4v) is 1.86. The third kappa shape index (κ3) is 2.95. The van der Waals surface area contributed by atoms with Gasteiger partial charge in [-0.3, -0.25) is 0 Å². The molecule has 0 fully saturated rings. The fourth-order valence-electron chi connectivity index (χ4n) is 1.86. The van der Waals surface area contributed by atoms with Gasteiger partial charge in [0.1, 0.15) is 5.82 Å². The predicted octanol–water partition coefficient (Wildman–Crippen LogP) is 3.11. The maximum atomic E-state index is 13.8. The van der Waals surface area contributed by atoms with E-state index in [-0.39, 0.29) is 22.7 Å². The van der Waals surface area contributed by atoms with Gasteiger partial charge < -0.3 is 10.6 Å². The maximum Gasteiger partial charge on any atom is 0.245 e. The third-order valence-corrected chi connectivity index (χ3v) is 2.73. The topological polar surface area (TPSA) is 88.8 Å². The van der Waals surface area contributed by atoms with Gasteiger partial charge in [-0.25, -0.2) is 19.0 Å². The van der Waals surface area contributed by atoms with Crippen LogP contribution < -0.4 is 10.6 Å². The molecule has 8 heteroatoms.